The Hall–Kier alpha value is -2.20. The number of benzene rings is 1. The standard InChI is InChI=1S/C20H30FN3O5S/c1-5-23-30(27,28)15-9-10-17(21)16(12-15)18(25)24-11-7-6-8-14(24)13-22-19(26)29-20(2,3)4/h9-10,12,14,23H,5-8,11,13H2,1-4H3,(H,22,26). The number of likely N-dealkylation sites (tertiary alicyclic amines) is 1. The largest absolute Gasteiger partial charge is 0.444 e. The summed E-state index contributed by atoms with van der Waals surface area (Å²) in [5.41, 5.74) is -0.952. The Morgan fingerprint density at radius 3 is 2.60 bits per heavy atom. The third kappa shape index (κ3) is 6.40. The van der Waals surface area contributed by atoms with E-state index in [2.05, 4.69) is 10.0 Å². The van der Waals surface area contributed by atoms with Crippen LogP contribution in [0.25, 0.3) is 0 Å². The zero-order valence-electron chi connectivity index (χ0n) is 17.8. The summed E-state index contributed by atoms with van der Waals surface area (Å²) in [4.78, 5) is 26.3. The first-order chi connectivity index (χ1) is 13.9. The number of alkyl carbamates (subject to hydrolysis) is 1. The van der Waals surface area contributed by atoms with E-state index in [0.29, 0.717) is 13.0 Å². The van der Waals surface area contributed by atoms with E-state index >= 15 is 0 Å². The maximum absolute atomic E-state index is 14.4. The molecule has 2 amide bonds. The van der Waals surface area contributed by atoms with Crippen LogP contribution >= 0.6 is 0 Å². The summed E-state index contributed by atoms with van der Waals surface area (Å²) in [6.45, 7) is 7.61. The molecule has 8 nitrogen and oxygen atoms in total. The van der Waals surface area contributed by atoms with Gasteiger partial charge in [-0.05, 0) is 58.2 Å². The van der Waals surface area contributed by atoms with Gasteiger partial charge in [0.1, 0.15) is 11.4 Å². The van der Waals surface area contributed by atoms with Gasteiger partial charge in [-0.25, -0.2) is 22.3 Å². The Labute approximate surface area is 177 Å². The van der Waals surface area contributed by atoms with Crippen molar-refractivity contribution >= 4 is 22.0 Å². The number of nitrogens with zero attached hydrogens (tertiary/aromatic N) is 1. The first-order valence-electron chi connectivity index (χ1n) is 10.0. The third-order valence-corrected chi connectivity index (χ3v) is 6.13. The predicted molar refractivity (Wildman–Crippen MR) is 110 cm³/mol. The molecule has 168 valence electrons. The van der Waals surface area contributed by atoms with Gasteiger partial charge in [-0.1, -0.05) is 6.92 Å². The molecule has 2 N–H and O–H groups in total. The second kappa shape index (κ2) is 9.74. The van der Waals surface area contributed by atoms with Crippen molar-refractivity contribution in [1.82, 2.24) is 14.9 Å². The number of hydrogen-bond donors (Lipinski definition) is 2. The summed E-state index contributed by atoms with van der Waals surface area (Å²) in [5, 5.41) is 2.66. The van der Waals surface area contributed by atoms with Crippen LogP contribution < -0.4 is 10.0 Å². The van der Waals surface area contributed by atoms with E-state index in [0.717, 1.165) is 31.0 Å². The van der Waals surface area contributed by atoms with Gasteiger partial charge in [-0.2, -0.15) is 0 Å². The van der Waals surface area contributed by atoms with Crippen LogP contribution in [0.1, 0.15) is 57.3 Å². The van der Waals surface area contributed by atoms with Crippen LogP contribution in [-0.4, -0.2) is 56.6 Å². The van der Waals surface area contributed by atoms with Crippen molar-refractivity contribution in [3.63, 3.8) is 0 Å². The van der Waals surface area contributed by atoms with E-state index in [4.69, 9.17) is 4.74 Å². The van der Waals surface area contributed by atoms with Gasteiger partial charge in [0.15, 0.2) is 0 Å². The van der Waals surface area contributed by atoms with Crippen molar-refractivity contribution in [3.05, 3.63) is 29.6 Å². The normalized spacial score (nSPS) is 17.5. The van der Waals surface area contributed by atoms with E-state index in [1.165, 1.54) is 4.90 Å². The molecule has 1 atom stereocenters. The highest BCUT2D eigenvalue weighted by molar-refractivity contribution is 7.89. The summed E-state index contributed by atoms with van der Waals surface area (Å²) in [6, 6.07) is 2.83. The number of hydrogen-bond acceptors (Lipinski definition) is 5. The predicted octanol–water partition coefficient (Wildman–Crippen LogP) is 2.64. The minimum Gasteiger partial charge on any atom is -0.444 e. The van der Waals surface area contributed by atoms with Gasteiger partial charge in [0.05, 0.1) is 10.5 Å². The van der Waals surface area contributed by atoms with Crippen molar-refractivity contribution in [3.8, 4) is 0 Å². The number of ether oxygens (including phenoxy) is 1. The fourth-order valence-electron chi connectivity index (χ4n) is 3.26. The van der Waals surface area contributed by atoms with E-state index in [-0.39, 0.29) is 29.6 Å². The van der Waals surface area contributed by atoms with Crippen LogP contribution in [0.4, 0.5) is 9.18 Å². The molecular formula is C20H30FN3O5S. The summed E-state index contributed by atoms with van der Waals surface area (Å²) < 4.78 is 46.4. The molecule has 0 aromatic heterocycles. The molecule has 0 radical (unpaired) electrons. The second-order valence-electron chi connectivity index (χ2n) is 8.17. The topological polar surface area (TPSA) is 105 Å². The average Bonchev–Trinajstić information content (AvgIpc) is 2.65. The highest BCUT2D eigenvalue weighted by Crippen LogP contribution is 2.23. The molecule has 1 aromatic rings. The lowest BCUT2D eigenvalue weighted by Gasteiger charge is -2.36. The van der Waals surface area contributed by atoms with E-state index in [1.54, 1.807) is 27.7 Å². The molecule has 1 heterocycles. The SMILES string of the molecule is CCNS(=O)(=O)c1ccc(F)c(C(=O)N2CCCCC2CNC(=O)OC(C)(C)C)c1. The van der Waals surface area contributed by atoms with E-state index in [1.807, 2.05) is 0 Å². The number of sulfonamides is 1. The molecule has 30 heavy (non-hydrogen) atoms. The fraction of sp³-hybridized carbons (Fsp3) is 0.600. The Morgan fingerprint density at radius 1 is 1.27 bits per heavy atom. The maximum atomic E-state index is 14.4. The third-order valence-electron chi connectivity index (χ3n) is 4.58. The van der Waals surface area contributed by atoms with Crippen molar-refractivity contribution in [2.45, 2.75) is 63.5 Å². The lowest BCUT2D eigenvalue weighted by molar-refractivity contribution is 0.0461. The molecule has 1 fully saturated rings. The molecule has 0 aliphatic carbocycles. The van der Waals surface area contributed by atoms with Crippen LogP contribution in [0, 0.1) is 5.82 Å². The van der Waals surface area contributed by atoms with Crippen molar-refractivity contribution in [1.29, 1.82) is 0 Å². The Morgan fingerprint density at radius 2 is 1.97 bits per heavy atom. The molecule has 1 saturated heterocycles. The first kappa shape index (κ1) is 24.1. The smallest absolute Gasteiger partial charge is 0.407 e. The maximum Gasteiger partial charge on any atom is 0.407 e. The van der Waals surface area contributed by atoms with Gasteiger partial charge in [0.25, 0.3) is 5.91 Å². The molecule has 1 unspecified atom stereocenters. The monoisotopic (exact) mass is 443 g/mol. The molecule has 0 bridgehead atoms. The van der Waals surface area contributed by atoms with Crippen LogP contribution in [0.2, 0.25) is 0 Å². The zero-order chi connectivity index (χ0) is 22.5. The summed E-state index contributed by atoms with van der Waals surface area (Å²) in [5.74, 6) is -1.39. The minimum absolute atomic E-state index is 0.164. The molecule has 0 spiro atoms. The van der Waals surface area contributed by atoms with Crippen molar-refractivity contribution < 1.29 is 27.1 Å². The number of amides is 2. The number of rotatable bonds is 6. The molecule has 10 heteroatoms. The van der Waals surface area contributed by atoms with Crippen molar-refractivity contribution in [2.75, 3.05) is 19.6 Å². The second-order valence-corrected chi connectivity index (χ2v) is 9.94. The quantitative estimate of drug-likeness (QED) is 0.703. The lowest BCUT2D eigenvalue weighted by Crippen LogP contribution is -2.50. The summed E-state index contributed by atoms with van der Waals surface area (Å²) in [6.07, 6.45) is 1.65. The minimum atomic E-state index is -3.83. The Bertz CT molecular complexity index is 883. The first-order valence-corrected chi connectivity index (χ1v) is 11.5. The summed E-state index contributed by atoms with van der Waals surface area (Å²) >= 11 is 0. The van der Waals surface area contributed by atoms with E-state index < -0.39 is 33.4 Å². The lowest BCUT2D eigenvalue weighted by atomic mass is 10.0. The van der Waals surface area contributed by atoms with Gasteiger partial charge >= 0.3 is 6.09 Å². The highest BCUT2D eigenvalue weighted by atomic mass is 32.2. The number of carbonyl (C=O) groups excluding carboxylic acids is 2. The Kier molecular flexibility index (Phi) is 7.81. The van der Waals surface area contributed by atoms with Gasteiger partial charge in [-0.3, -0.25) is 4.79 Å². The molecular weight excluding hydrogens is 413 g/mol. The molecule has 2 rings (SSSR count). The van der Waals surface area contributed by atoms with Gasteiger partial charge < -0.3 is 15.0 Å². The van der Waals surface area contributed by atoms with Gasteiger partial charge in [-0.15, -0.1) is 0 Å². The van der Waals surface area contributed by atoms with Crippen LogP contribution in [0.3, 0.4) is 0 Å². The average molecular weight is 444 g/mol. The van der Waals surface area contributed by atoms with Crippen LogP contribution in [0.5, 0.6) is 0 Å². The molecule has 1 aliphatic heterocycles. The number of nitrogens with one attached hydrogen (secondary N) is 2. The number of halogens is 1. The molecule has 1 aliphatic rings. The fourth-order valence-corrected chi connectivity index (χ4v) is 4.33. The zero-order valence-corrected chi connectivity index (χ0v) is 18.6. The number of carbonyl (C=O) groups is 2. The van der Waals surface area contributed by atoms with Crippen molar-refractivity contribution in [2.24, 2.45) is 0 Å². The highest BCUT2D eigenvalue weighted by Gasteiger charge is 2.30. The number of piperidine rings is 1. The van der Waals surface area contributed by atoms with Crippen LogP contribution in [-0.2, 0) is 14.8 Å². The van der Waals surface area contributed by atoms with Gasteiger partial charge in [0, 0.05) is 25.7 Å². The molecule has 1 aromatic carbocycles. The Balaban J connectivity index is 2.20. The van der Waals surface area contributed by atoms with Crippen LogP contribution in [0.15, 0.2) is 23.1 Å². The summed E-state index contributed by atoms with van der Waals surface area (Å²) in [7, 11) is -3.83. The van der Waals surface area contributed by atoms with E-state index in [9.17, 15) is 22.4 Å². The molecule has 0 saturated carbocycles. The van der Waals surface area contributed by atoms with Gasteiger partial charge in [0.2, 0.25) is 10.0 Å².